The number of imide groups is 1. The molecular formula is C28H31F3N4O8. The van der Waals surface area contributed by atoms with E-state index in [-0.39, 0.29) is 18.9 Å². The topological polar surface area (TPSA) is 155 Å². The molecule has 4 atom stereocenters. The summed E-state index contributed by atoms with van der Waals surface area (Å²) in [4.78, 5) is 63.9. The van der Waals surface area contributed by atoms with Crippen LogP contribution in [0.1, 0.15) is 5.56 Å². The SMILES string of the molecule is COC(=O)[C@]1(Cc2ccccc2)N[C@H](CN(C)C(=O)Nc2ccc(OC)cc2)[C@@H]2C(=O)N(C)C(=O)[C@@H]21.O=C(O)C(F)(F)F. The van der Waals surface area contributed by atoms with Gasteiger partial charge in [-0.2, -0.15) is 13.2 Å². The molecule has 0 bridgehead atoms. The number of hydrogen-bond donors (Lipinski definition) is 3. The quantitative estimate of drug-likeness (QED) is 0.317. The largest absolute Gasteiger partial charge is 0.497 e. The number of hydrogen-bond acceptors (Lipinski definition) is 8. The number of nitrogens with zero attached hydrogens (tertiary/aromatic N) is 2. The second-order valence-corrected chi connectivity index (χ2v) is 9.96. The first-order chi connectivity index (χ1) is 20.2. The Labute approximate surface area is 244 Å². The van der Waals surface area contributed by atoms with Crippen LogP contribution in [-0.4, -0.2) is 97.3 Å². The summed E-state index contributed by atoms with van der Waals surface area (Å²) in [5.74, 6) is -5.31. The number of urea groups is 1. The van der Waals surface area contributed by atoms with Crippen LogP contribution in [-0.2, 0) is 30.3 Å². The maximum absolute atomic E-state index is 13.2. The number of alkyl halides is 3. The van der Waals surface area contributed by atoms with Crippen LogP contribution in [0.25, 0.3) is 0 Å². The molecule has 2 aromatic rings. The minimum atomic E-state index is -5.08. The average molecular weight is 609 g/mol. The van der Waals surface area contributed by atoms with Gasteiger partial charge < -0.3 is 24.8 Å². The van der Waals surface area contributed by atoms with Crippen LogP contribution in [0.3, 0.4) is 0 Å². The van der Waals surface area contributed by atoms with E-state index in [4.69, 9.17) is 19.4 Å². The highest BCUT2D eigenvalue weighted by Crippen LogP contribution is 2.45. The molecule has 0 aromatic heterocycles. The molecule has 0 radical (unpaired) electrons. The molecule has 2 aromatic carbocycles. The van der Waals surface area contributed by atoms with Crippen molar-refractivity contribution in [1.82, 2.24) is 15.1 Å². The molecule has 2 aliphatic heterocycles. The van der Waals surface area contributed by atoms with Crippen molar-refractivity contribution in [2.75, 3.05) is 40.2 Å². The first kappa shape index (κ1) is 32.8. The third-order valence-corrected chi connectivity index (χ3v) is 7.26. The molecule has 0 saturated carbocycles. The monoisotopic (exact) mass is 608 g/mol. The van der Waals surface area contributed by atoms with Gasteiger partial charge in [0.2, 0.25) is 11.8 Å². The number of anilines is 1. The molecule has 12 nitrogen and oxygen atoms in total. The minimum absolute atomic E-state index is 0.0869. The van der Waals surface area contributed by atoms with Crippen molar-refractivity contribution in [3.8, 4) is 5.75 Å². The van der Waals surface area contributed by atoms with E-state index < -0.39 is 53.5 Å². The van der Waals surface area contributed by atoms with Crippen molar-refractivity contribution in [1.29, 1.82) is 0 Å². The Morgan fingerprint density at radius 2 is 1.63 bits per heavy atom. The minimum Gasteiger partial charge on any atom is -0.497 e. The maximum atomic E-state index is 13.2. The Hall–Kier alpha value is -4.66. The van der Waals surface area contributed by atoms with Crippen molar-refractivity contribution < 1.29 is 51.7 Å². The van der Waals surface area contributed by atoms with E-state index in [0.29, 0.717) is 11.4 Å². The lowest BCUT2D eigenvalue weighted by atomic mass is 9.76. The summed E-state index contributed by atoms with van der Waals surface area (Å²) in [6.07, 6.45) is -4.92. The van der Waals surface area contributed by atoms with Gasteiger partial charge in [-0.1, -0.05) is 30.3 Å². The summed E-state index contributed by atoms with van der Waals surface area (Å²) in [5, 5.41) is 13.2. The second-order valence-electron chi connectivity index (χ2n) is 9.96. The van der Waals surface area contributed by atoms with Gasteiger partial charge in [0.15, 0.2) is 0 Å². The van der Waals surface area contributed by atoms with Crippen molar-refractivity contribution in [2.24, 2.45) is 11.8 Å². The zero-order valence-corrected chi connectivity index (χ0v) is 23.7. The number of methoxy groups -OCH3 is 2. The van der Waals surface area contributed by atoms with Crippen LogP contribution in [0.4, 0.5) is 23.7 Å². The van der Waals surface area contributed by atoms with Crippen LogP contribution < -0.4 is 15.4 Å². The number of esters is 1. The fraction of sp³-hybridized carbons (Fsp3) is 0.393. The van der Waals surface area contributed by atoms with Gasteiger partial charge in [0, 0.05) is 38.8 Å². The van der Waals surface area contributed by atoms with Crippen LogP contribution in [0.5, 0.6) is 5.75 Å². The van der Waals surface area contributed by atoms with E-state index in [1.165, 1.54) is 19.1 Å². The molecule has 0 spiro atoms. The molecule has 4 rings (SSSR count). The fourth-order valence-electron chi connectivity index (χ4n) is 5.22. The Morgan fingerprint density at radius 3 is 2.14 bits per heavy atom. The summed E-state index contributed by atoms with van der Waals surface area (Å²) in [6, 6.07) is 15.1. The number of benzene rings is 2. The zero-order chi connectivity index (χ0) is 32.1. The van der Waals surface area contributed by atoms with Crippen LogP contribution in [0, 0.1) is 11.8 Å². The molecule has 2 saturated heterocycles. The Bertz CT molecular complexity index is 1360. The average Bonchev–Trinajstić information content (AvgIpc) is 3.41. The molecule has 15 heteroatoms. The van der Waals surface area contributed by atoms with E-state index in [9.17, 15) is 32.3 Å². The van der Waals surface area contributed by atoms with Gasteiger partial charge in [-0.3, -0.25) is 24.6 Å². The second kappa shape index (κ2) is 13.1. The summed E-state index contributed by atoms with van der Waals surface area (Å²) in [7, 11) is 5.83. The van der Waals surface area contributed by atoms with Crippen molar-refractivity contribution in [3.63, 3.8) is 0 Å². The Balaban J connectivity index is 0.000000646. The number of carboxylic acids is 1. The Morgan fingerprint density at radius 1 is 1.05 bits per heavy atom. The number of likely N-dealkylation sites (tertiary alicyclic amines) is 1. The number of aliphatic carboxylic acids is 1. The third kappa shape index (κ3) is 7.05. The van der Waals surface area contributed by atoms with Crippen molar-refractivity contribution in [3.05, 3.63) is 60.2 Å². The fourth-order valence-corrected chi connectivity index (χ4v) is 5.22. The predicted octanol–water partition coefficient (Wildman–Crippen LogP) is 2.15. The highest BCUT2D eigenvalue weighted by molar-refractivity contribution is 6.09. The number of ether oxygens (including phenoxy) is 2. The summed E-state index contributed by atoms with van der Waals surface area (Å²) in [6.45, 7) is 0.0869. The van der Waals surface area contributed by atoms with Gasteiger partial charge in [-0.05, 0) is 29.8 Å². The van der Waals surface area contributed by atoms with E-state index in [2.05, 4.69) is 10.6 Å². The number of halogens is 3. The van der Waals surface area contributed by atoms with E-state index in [1.54, 1.807) is 38.4 Å². The third-order valence-electron chi connectivity index (χ3n) is 7.26. The summed E-state index contributed by atoms with van der Waals surface area (Å²) >= 11 is 0. The number of carboxylic acid groups (broad SMARTS) is 1. The van der Waals surface area contributed by atoms with Crippen LogP contribution in [0.2, 0.25) is 0 Å². The van der Waals surface area contributed by atoms with Crippen LogP contribution >= 0.6 is 0 Å². The molecule has 3 N–H and O–H groups in total. The highest BCUT2D eigenvalue weighted by Gasteiger charge is 2.68. The van der Waals surface area contributed by atoms with Gasteiger partial charge in [0.25, 0.3) is 0 Å². The van der Waals surface area contributed by atoms with Gasteiger partial charge in [-0.25, -0.2) is 9.59 Å². The lowest BCUT2D eigenvalue weighted by Gasteiger charge is -2.32. The molecule has 4 amide bonds. The Kier molecular flexibility index (Phi) is 10.0. The number of fused-ring (bicyclic) bond motifs is 1. The maximum Gasteiger partial charge on any atom is 0.490 e. The molecule has 43 heavy (non-hydrogen) atoms. The lowest BCUT2D eigenvalue weighted by Crippen LogP contribution is -2.59. The first-order valence-electron chi connectivity index (χ1n) is 12.8. The number of carbonyl (C=O) groups is 5. The molecular weight excluding hydrogens is 577 g/mol. The molecule has 2 aliphatic rings. The molecule has 0 unspecified atom stereocenters. The normalized spacial score (nSPS) is 22.7. The van der Waals surface area contributed by atoms with Gasteiger partial charge in [0.1, 0.15) is 11.3 Å². The van der Waals surface area contributed by atoms with E-state index in [1.807, 2.05) is 30.3 Å². The van der Waals surface area contributed by atoms with Crippen molar-refractivity contribution in [2.45, 2.75) is 24.2 Å². The number of carbonyl (C=O) groups excluding carboxylic acids is 4. The number of rotatable bonds is 7. The van der Waals surface area contributed by atoms with Crippen molar-refractivity contribution >= 4 is 35.5 Å². The molecule has 0 aliphatic carbocycles. The zero-order valence-electron chi connectivity index (χ0n) is 23.7. The number of amides is 4. The standard InChI is InChI=1S/C26H30N4O6.C2HF3O2/c1-29(25(34)27-17-10-12-18(35-3)13-11-17)15-19-20-21(23(32)30(2)22(20)31)26(28-19,24(33)36-4)14-16-8-6-5-7-9-16;3-2(4,5)1(6)7/h5-13,19-21,28H,14-15H2,1-4H3,(H,27,34);(H,6,7)/t19-,20+,21-,26-;/m1./s1. The van der Waals surface area contributed by atoms with E-state index >= 15 is 0 Å². The smallest absolute Gasteiger partial charge is 0.490 e. The molecule has 2 heterocycles. The molecule has 2 fully saturated rings. The highest BCUT2D eigenvalue weighted by atomic mass is 19.4. The van der Waals surface area contributed by atoms with Gasteiger partial charge in [0.05, 0.1) is 26.1 Å². The molecule has 232 valence electrons. The predicted molar refractivity (Wildman–Crippen MR) is 145 cm³/mol. The number of likely N-dealkylation sites (N-methyl/N-ethyl adjacent to an activating group) is 1. The van der Waals surface area contributed by atoms with Gasteiger partial charge >= 0.3 is 24.1 Å². The van der Waals surface area contributed by atoms with E-state index in [0.717, 1.165) is 10.5 Å². The first-order valence-corrected chi connectivity index (χ1v) is 12.8. The summed E-state index contributed by atoms with van der Waals surface area (Å²) in [5.41, 5.74) is -0.0593. The van der Waals surface area contributed by atoms with Gasteiger partial charge in [-0.15, -0.1) is 0 Å². The number of nitrogens with one attached hydrogen (secondary N) is 2. The van der Waals surface area contributed by atoms with Crippen LogP contribution in [0.15, 0.2) is 54.6 Å². The summed E-state index contributed by atoms with van der Waals surface area (Å²) < 4.78 is 42.0. The lowest BCUT2D eigenvalue weighted by molar-refractivity contribution is -0.192.